The summed E-state index contributed by atoms with van der Waals surface area (Å²) in [6.07, 6.45) is 35.2. The van der Waals surface area contributed by atoms with E-state index in [0.717, 1.165) is 133 Å². The van der Waals surface area contributed by atoms with E-state index < -0.39 is 0 Å². The Hall–Kier alpha value is -2.59. The van der Waals surface area contributed by atoms with Crippen LogP contribution in [0.3, 0.4) is 0 Å². The molecule has 7 heteroatoms. The second-order valence-corrected chi connectivity index (χ2v) is 22.3. The van der Waals surface area contributed by atoms with Crippen molar-refractivity contribution in [2.24, 2.45) is 40.4 Å². The maximum absolute atomic E-state index is 13.1. The highest BCUT2D eigenvalue weighted by molar-refractivity contribution is 5.70. The molecule has 4 rings (SSSR count). The highest BCUT2D eigenvalue weighted by Gasteiger charge is 2.57. The molecule has 0 saturated heterocycles. The van der Waals surface area contributed by atoms with Crippen molar-refractivity contribution in [3.05, 3.63) is 23.3 Å². The molecule has 0 amide bonds. The van der Waals surface area contributed by atoms with Crippen LogP contribution in [0.5, 0.6) is 0 Å². The third kappa shape index (κ3) is 18.4. The number of fused-ring (bicyclic) bond motifs is 5. The number of hydrogen-bond donors (Lipinski definition) is 0. The first-order valence-electron chi connectivity index (χ1n) is 27.3. The summed E-state index contributed by atoms with van der Waals surface area (Å²) in [5.41, 5.74) is 3.92. The summed E-state index contributed by atoms with van der Waals surface area (Å²) in [6.45, 7) is 15.9. The van der Waals surface area contributed by atoms with Crippen molar-refractivity contribution in [3.63, 3.8) is 0 Å². The molecule has 3 fully saturated rings. The molecule has 65 heavy (non-hydrogen) atoms. The van der Waals surface area contributed by atoms with Crippen LogP contribution in [-0.4, -0.2) is 62.3 Å². The zero-order chi connectivity index (χ0) is 47.1. The van der Waals surface area contributed by atoms with Crippen LogP contribution in [-0.2, 0) is 28.6 Å². The van der Waals surface area contributed by atoms with Gasteiger partial charge in [-0.05, 0) is 151 Å². The van der Waals surface area contributed by atoms with E-state index in [4.69, 9.17) is 14.2 Å². The fourth-order valence-electron chi connectivity index (χ4n) is 12.5. The number of unbranched alkanes of at least 4 members (excludes halogenated alkanes) is 10. The molecule has 3 saturated carbocycles. The van der Waals surface area contributed by atoms with Crippen molar-refractivity contribution < 1.29 is 28.6 Å². The van der Waals surface area contributed by atoms with E-state index in [2.05, 4.69) is 70.4 Å². The van der Waals surface area contributed by atoms with Crippen molar-refractivity contribution in [2.45, 2.75) is 246 Å². The minimum absolute atomic E-state index is 0.00460. The van der Waals surface area contributed by atoms with Crippen LogP contribution >= 0.6 is 0 Å². The van der Waals surface area contributed by atoms with Gasteiger partial charge in [-0.15, -0.1) is 5.92 Å². The van der Waals surface area contributed by atoms with Crippen molar-refractivity contribution >= 4 is 17.9 Å². The van der Waals surface area contributed by atoms with Gasteiger partial charge < -0.3 is 19.1 Å². The van der Waals surface area contributed by atoms with Crippen LogP contribution in [0.2, 0.25) is 0 Å². The molecule has 0 bridgehead atoms. The Morgan fingerprint density at radius 3 is 2.08 bits per heavy atom. The van der Waals surface area contributed by atoms with Crippen LogP contribution < -0.4 is 0 Å². The summed E-state index contributed by atoms with van der Waals surface area (Å²) >= 11 is 0. The van der Waals surface area contributed by atoms with E-state index in [1.807, 2.05) is 14.1 Å². The SMILES string of the molecule is CCCCCCC#CCCOC(=O)CCCCCCC(CCCCCCC(=O)OC1CCC2(C)C(=CC=C3C2CCC2(C)C3CCC2C(C)CCCC(C)C)C1)OC(=O)CCCN(C)C. The molecule has 0 N–H and O–H groups in total. The summed E-state index contributed by atoms with van der Waals surface area (Å²) in [4.78, 5) is 40.1. The molecule has 0 aliphatic heterocycles. The smallest absolute Gasteiger partial charge is 0.306 e. The Balaban J connectivity index is 1.12. The van der Waals surface area contributed by atoms with Gasteiger partial charge in [0, 0.05) is 38.5 Å². The second-order valence-electron chi connectivity index (χ2n) is 22.3. The Morgan fingerprint density at radius 2 is 1.37 bits per heavy atom. The number of carbonyl (C=O) groups is 3. The first-order chi connectivity index (χ1) is 31.3. The summed E-state index contributed by atoms with van der Waals surface area (Å²) in [7, 11) is 4.05. The summed E-state index contributed by atoms with van der Waals surface area (Å²) < 4.78 is 17.5. The highest BCUT2D eigenvalue weighted by Crippen LogP contribution is 2.66. The molecule has 4 aliphatic carbocycles. The molecule has 8 unspecified atom stereocenters. The maximum atomic E-state index is 13.1. The third-order valence-electron chi connectivity index (χ3n) is 16.4. The van der Waals surface area contributed by atoms with Gasteiger partial charge >= 0.3 is 17.9 Å². The lowest BCUT2D eigenvalue weighted by Crippen LogP contribution is -2.46. The first-order valence-corrected chi connectivity index (χ1v) is 27.3. The molecule has 4 aliphatic rings. The van der Waals surface area contributed by atoms with Gasteiger partial charge in [0.05, 0.1) is 0 Å². The van der Waals surface area contributed by atoms with Gasteiger partial charge in [0.15, 0.2) is 0 Å². The molecule has 0 radical (unpaired) electrons. The number of esters is 3. The lowest BCUT2D eigenvalue weighted by Gasteiger charge is -2.55. The van der Waals surface area contributed by atoms with Crippen LogP contribution in [0.4, 0.5) is 0 Å². The largest absolute Gasteiger partial charge is 0.465 e. The fourth-order valence-corrected chi connectivity index (χ4v) is 12.5. The zero-order valence-corrected chi connectivity index (χ0v) is 43.2. The standard InChI is InChI=1S/C58H97NO6/c1-9-10-11-12-13-14-19-24-43-63-54(60)31-22-17-15-20-29-48(64-56(62)33-26-42-59(7)8)30-21-16-18-23-32-55(61)65-49-38-40-57(5)47(44-49)34-35-50-52-37-36-51(46(4)28-25-27-45(2)3)58(52,6)41-39-53(50)57/h34-35,45-46,48-49,51-53H,9-13,15-18,20-33,36-44H2,1-8H3. The zero-order valence-electron chi connectivity index (χ0n) is 43.2. The molecule has 0 spiro atoms. The monoisotopic (exact) mass is 904 g/mol. The average Bonchev–Trinajstić information content (AvgIpc) is 3.62. The van der Waals surface area contributed by atoms with Gasteiger partial charge in [-0.1, -0.05) is 135 Å². The number of rotatable bonds is 31. The Bertz CT molecular complexity index is 1550. The molecule has 0 aromatic rings. The molecule has 7 nitrogen and oxygen atoms in total. The number of ether oxygens (including phenoxy) is 3. The first kappa shape index (κ1) is 55.0. The van der Waals surface area contributed by atoms with E-state index >= 15 is 0 Å². The van der Waals surface area contributed by atoms with Gasteiger partial charge in [-0.2, -0.15) is 0 Å². The predicted octanol–water partition coefficient (Wildman–Crippen LogP) is 14.7. The van der Waals surface area contributed by atoms with Gasteiger partial charge in [0.1, 0.15) is 18.8 Å². The molecule has 370 valence electrons. The molecular weight excluding hydrogens is 807 g/mol. The van der Waals surface area contributed by atoms with Gasteiger partial charge in [-0.25, -0.2) is 0 Å². The lowest BCUT2D eigenvalue weighted by molar-refractivity contribution is -0.151. The molecular formula is C58H97NO6. The van der Waals surface area contributed by atoms with Crippen molar-refractivity contribution in [2.75, 3.05) is 27.2 Å². The molecule has 0 heterocycles. The predicted molar refractivity (Wildman–Crippen MR) is 268 cm³/mol. The van der Waals surface area contributed by atoms with Crippen molar-refractivity contribution in [1.29, 1.82) is 0 Å². The molecule has 0 aromatic heterocycles. The fraction of sp³-hybridized carbons (Fsp3) is 0.845. The Labute approximate surface area is 399 Å². The van der Waals surface area contributed by atoms with Gasteiger partial charge in [-0.3, -0.25) is 14.4 Å². The number of nitrogens with zero attached hydrogens (tertiary/aromatic N) is 1. The van der Waals surface area contributed by atoms with E-state index in [0.29, 0.717) is 43.6 Å². The van der Waals surface area contributed by atoms with Crippen molar-refractivity contribution in [1.82, 2.24) is 4.90 Å². The minimum Gasteiger partial charge on any atom is -0.465 e. The van der Waals surface area contributed by atoms with Crippen LogP contribution in [0.1, 0.15) is 234 Å². The Kier molecular flexibility index (Phi) is 24.8. The summed E-state index contributed by atoms with van der Waals surface area (Å²) in [5, 5.41) is 0. The van der Waals surface area contributed by atoms with Gasteiger partial charge in [0.25, 0.3) is 0 Å². The molecule has 8 atom stereocenters. The van der Waals surface area contributed by atoms with E-state index in [1.165, 1.54) is 69.8 Å². The van der Waals surface area contributed by atoms with E-state index in [9.17, 15) is 14.4 Å². The lowest BCUT2D eigenvalue weighted by atomic mass is 9.50. The third-order valence-corrected chi connectivity index (χ3v) is 16.4. The number of carbonyl (C=O) groups excluding carboxylic acids is 3. The number of hydrogen-bond acceptors (Lipinski definition) is 7. The van der Waals surface area contributed by atoms with Crippen LogP contribution in [0.15, 0.2) is 23.3 Å². The normalized spacial score (nSPS) is 25.6. The summed E-state index contributed by atoms with van der Waals surface area (Å²) in [5.74, 6) is 9.87. The van der Waals surface area contributed by atoms with E-state index in [-0.39, 0.29) is 35.5 Å². The average molecular weight is 904 g/mol. The Morgan fingerprint density at radius 1 is 0.692 bits per heavy atom. The van der Waals surface area contributed by atoms with Crippen LogP contribution in [0.25, 0.3) is 0 Å². The highest BCUT2D eigenvalue weighted by atomic mass is 16.5. The molecule has 0 aromatic carbocycles. The van der Waals surface area contributed by atoms with E-state index in [1.54, 1.807) is 5.57 Å². The summed E-state index contributed by atoms with van der Waals surface area (Å²) in [6, 6.07) is 0. The topological polar surface area (TPSA) is 82.1 Å². The quantitative estimate of drug-likeness (QED) is 0.0297. The van der Waals surface area contributed by atoms with Crippen molar-refractivity contribution in [3.8, 4) is 11.8 Å². The minimum atomic E-state index is -0.136. The maximum Gasteiger partial charge on any atom is 0.306 e. The van der Waals surface area contributed by atoms with Gasteiger partial charge in [0.2, 0.25) is 0 Å². The van der Waals surface area contributed by atoms with Crippen LogP contribution in [0, 0.1) is 52.3 Å². The second kappa shape index (κ2) is 29.3. The number of allylic oxidation sites excluding steroid dienone is 3.